The van der Waals surface area contributed by atoms with Crippen molar-refractivity contribution < 1.29 is 22.5 Å². The van der Waals surface area contributed by atoms with Crippen molar-refractivity contribution in [2.24, 2.45) is 0 Å². The van der Waals surface area contributed by atoms with Gasteiger partial charge in [-0.1, -0.05) is 17.7 Å². The van der Waals surface area contributed by atoms with E-state index in [1.165, 1.54) is 19.1 Å². The number of hydrogen-bond acceptors (Lipinski definition) is 4. The molecular weight excluding hydrogens is 244 g/mol. The molecule has 1 aromatic rings. The van der Waals surface area contributed by atoms with Crippen LogP contribution in [-0.2, 0) is 19.1 Å². The van der Waals surface area contributed by atoms with Crippen molar-refractivity contribution in [3.8, 4) is 0 Å². The van der Waals surface area contributed by atoms with Crippen LogP contribution in [0.25, 0.3) is 0 Å². The Bertz CT molecular complexity index is 489. The predicted octanol–water partition coefficient (Wildman–Crippen LogP) is 1.56. The molecule has 94 valence electrons. The van der Waals surface area contributed by atoms with Gasteiger partial charge in [-0.25, -0.2) is 0 Å². The van der Waals surface area contributed by atoms with E-state index in [1.54, 1.807) is 12.1 Å². The number of carboxylic acids is 1. The van der Waals surface area contributed by atoms with Gasteiger partial charge in [-0.3, -0.25) is 8.98 Å². The van der Waals surface area contributed by atoms with E-state index in [1.807, 2.05) is 6.92 Å². The molecule has 5 nitrogen and oxygen atoms in total. The number of carbonyl (C=O) groups is 1. The van der Waals surface area contributed by atoms with Crippen molar-refractivity contribution in [1.82, 2.24) is 0 Å². The fourth-order valence-corrected chi connectivity index (χ4v) is 2.34. The van der Waals surface area contributed by atoms with Gasteiger partial charge < -0.3 is 5.11 Å². The molecule has 6 heteroatoms. The van der Waals surface area contributed by atoms with Gasteiger partial charge in [-0.2, -0.15) is 8.42 Å². The molecule has 0 saturated carbocycles. The van der Waals surface area contributed by atoms with E-state index < -0.39 is 22.2 Å². The van der Waals surface area contributed by atoms with E-state index in [0.29, 0.717) is 0 Å². The van der Waals surface area contributed by atoms with Gasteiger partial charge in [0.1, 0.15) is 0 Å². The number of benzene rings is 1. The van der Waals surface area contributed by atoms with Gasteiger partial charge >= 0.3 is 5.97 Å². The van der Waals surface area contributed by atoms with Gasteiger partial charge in [0.05, 0.1) is 17.4 Å². The van der Waals surface area contributed by atoms with Crippen LogP contribution < -0.4 is 0 Å². The fraction of sp³-hybridized carbons (Fsp3) is 0.364. The SMILES string of the molecule is Cc1ccc(S(=O)(=O)O[C@H](C)CC(=O)O)cc1. The van der Waals surface area contributed by atoms with Crippen molar-refractivity contribution >= 4 is 16.1 Å². The number of aryl methyl sites for hydroxylation is 1. The van der Waals surface area contributed by atoms with Gasteiger partial charge in [-0.15, -0.1) is 0 Å². The van der Waals surface area contributed by atoms with E-state index in [-0.39, 0.29) is 11.3 Å². The topological polar surface area (TPSA) is 80.7 Å². The Morgan fingerprint density at radius 2 is 1.88 bits per heavy atom. The monoisotopic (exact) mass is 258 g/mol. The molecule has 1 atom stereocenters. The highest BCUT2D eigenvalue weighted by Gasteiger charge is 2.20. The summed E-state index contributed by atoms with van der Waals surface area (Å²) in [6, 6.07) is 6.16. The number of aliphatic carboxylic acids is 1. The summed E-state index contributed by atoms with van der Waals surface area (Å²) >= 11 is 0. The third-order valence-corrected chi connectivity index (χ3v) is 3.49. The van der Waals surface area contributed by atoms with Crippen LogP contribution in [0.15, 0.2) is 29.2 Å². The first-order chi connectivity index (χ1) is 7.81. The Labute approximate surface area is 100 Å². The summed E-state index contributed by atoms with van der Waals surface area (Å²) in [5.74, 6) is -1.10. The molecule has 0 heterocycles. The summed E-state index contributed by atoms with van der Waals surface area (Å²) in [5, 5.41) is 8.51. The Hall–Kier alpha value is -1.40. The first-order valence-electron chi connectivity index (χ1n) is 5.03. The molecular formula is C11H14O5S. The summed E-state index contributed by atoms with van der Waals surface area (Å²) in [5.41, 5.74) is 0.933. The zero-order valence-electron chi connectivity index (χ0n) is 9.58. The molecule has 17 heavy (non-hydrogen) atoms. The van der Waals surface area contributed by atoms with Crippen LogP contribution in [0, 0.1) is 6.92 Å². The van der Waals surface area contributed by atoms with Gasteiger partial charge in [0.15, 0.2) is 0 Å². The molecule has 1 rings (SSSR count). The van der Waals surface area contributed by atoms with E-state index in [4.69, 9.17) is 9.29 Å². The zero-order valence-corrected chi connectivity index (χ0v) is 10.4. The van der Waals surface area contributed by atoms with Crippen LogP contribution in [0.2, 0.25) is 0 Å². The maximum Gasteiger partial charge on any atom is 0.306 e. The molecule has 1 aromatic carbocycles. The first-order valence-corrected chi connectivity index (χ1v) is 6.44. The standard InChI is InChI=1S/C11H14O5S/c1-8-3-5-10(6-4-8)17(14,15)16-9(2)7-11(12)13/h3-6,9H,7H2,1-2H3,(H,12,13)/t9-/m1/s1. The maximum absolute atomic E-state index is 11.7. The third kappa shape index (κ3) is 4.16. The molecule has 0 bridgehead atoms. The molecule has 0 fully saturated rings. The van der Waals surface area contributed by atoms with Gasteiger partial charge in [0.2, 0.25) is 0 Å². The minimum atomic E-state index is -3.89. The molecule has 0 aliphatic rings. The second-order valence-corrected chi connectivity index (χ2v) is 5.34. The number of hydrogen-bond donors (Lipinski definition) is 1. The summed E-state index contributed by atoms with van der Waals surface area (Å²) < 4.78 is 28.2. The summed E-state index contributed by atoms with van der Waals surface area (Å²) in [6.45, 7) is 3.24. The largest absolute Gasteiger partial charge is 0.481 e. The molecule has 0 spiro atoms. The van der Waals surface area contributed by atoms with Crippen molar-refractivity contribution in [3.05, 3.63) is 29.8 Å². The lowest BCUT2D eigenvalue weighted by Crippen LogP contribution is -2.18. The van der Waals surface area contributed by atoms with Crippen molar-refractivity contribution in [1.29, 1.82) is 0 Å². The van der Waals surface area contributed by atoms with Crippen LogP contribution in [0.5, 0.6) is 0 Å². The Kier molecular flexibility index (Phi) is 4.25. The van der Waals surface area contributed by atoms with Gasteiger partial charge in [0, 0.05) is 0 Å². The average Bonchev–Trinajstić information content (AvgIpc) is 2.15. The van der Waals surface area contributed by atoms with Crippen LogP contribution in [0.1, 0.15) is 18.9 Å². The highest BCUT2D eigenvalue weighted by Crippen LogP contribution is 2.16. The smallest absolute Gasteiger partial charge is 0.306 e. The van der Waals surface area contributed by atoms with E-state index in [2.05, 4.69) is 0 Å². The van der Waals surface area contributed by atoms with E-state index in [9.17, 15) is 13.2 Å². The summed E-state index contributed by atoms with van der Waals surface area (Å²) in [4.78, 5) is 10.4. The average molecular weight is 258 g/mol. The van der Waals surface area contributed by atoms with Crippen molar-refractivity contribution in [3.63, 3.8) is 0 Å². The van der Waals surface area contributed by atoms with Crippen LogP contribution >= 0.6 is 0 Å². The normalized spacial score (nSPS) is 13.3. The zero-order chi connectivity index (χ0) is 13.1. The van der Waals surface area contributed by atoms with Crippen LogP contribution in [-0.4, -0.2) is 25.6 Å². The Balaban J connectivity index is 2.82. The van der Waals surface area contributed by atoms with Crippen molar-refractivity contribution in [2.75, 3.05) is 0 Å². The third-order valence-electron chi connectivity index (χ3n) is 2.06. The molecule has 1 N–H and O–H groups in total. The molecule has 0 aromatic heterocycles. The molecule has 0 radical (unpaired) electrons. The Morgan fingerprint density at radius 1 is 1.35 bits per heavy atom. The van der Waals surface area contributed by atoms with Crippen LogP contribution in [0.3, 0.4) is 0 Å². The van der Waals surface area contributed by atoms with Crippen LogP contribution in [0.4, 0.5) is 0 Å². The molecule has 0 aliphatic carbocycles. The molecule has 0 saturated heterocycles. The van der Waals surface area contributed by atoms with Gasteiger partial charge in [0.25, 0.3) is 10.1 Å². The minimum Gasteiger partial charge on any atom is -0.481 e. The maximum atomic E-state index is 11.7. The number of rotatable bonds is 5. The van der Waals surface area contributed by atoms with E-state index >= 15 is 0 Å². The summed E-state index contributed by atoms with van der Waals surface area (Å²) in [7, 11) is -3.89. The second-order valence-electron chi connectivity index (χ2n) is 3.77. The van der Waals surface area contributed by atoms with E-state index in [0.717, 1.165) is 5.56 Å². The lowest BCUT2D eigenvalue weighted by Gasteiger charge is -2.10. The highest BCUT2D eigenvalue weighted by molar-refractivity contribution is 7.86. The molecule has 0 aliphatic heterocycles. The fourth-order valence-electron chi connectivity index (χ4n) is 1.26. The highest BCUT2D eigenvalue weighted by atomic mass is 32.2. The van der Waals surface area contributed by atoms with Crippen molar-refractivity contribution in [2.45, 2.75) is 31.3 Å². The lowest BCUT2D eigenvalue weighted by atomic mass is 10.2. The van der Waals surface area contributed by atoms with Gasteiger partial charge in [-0.05, 0) is 26.0 Å². The summed E-state index contributed by atoms with van der Waals surface area (Å²) in [6.07, 6.45) is -1.25. The second kappa shape index (κ2) is 5.29. The molecule has 0 unspecified atom stereocenters. The quantitative estimate of drug-likeness (QED) is 0.811. The Morgan fingerprint density at radius 3 is 2.35 bits per heavy atom. The predicted molar refractivity (Wildman–Crippen MR) is 61.2 cm³/mol. The molecule has 0 amide bonds. The minimum absolute atomic E-state index is 0.0281. The lowest BCUT2D eigenvalue weighted by molar-refractivity contribution is -0.138. The first kappa shape index (κ1) is 13.7. The number of carboxylic acid groups (broad SMARTS) is 1.